The first kappa shape index (κ1) is 20.0. The van der Waals surface area contributed by atoms with E-state index < -0.39 is 5.60 Å². The number of benzene rings is 3. The summed E-state index contributed by atoms with van der Waals surface area (Å²) in [4.78, 5) is 2.27. The number of aryl methyl sites for hydroxylation is 1. The summed E-state index contributed by atoms with van der Waals surface area (Å²) in [6.45, 7) is 3.26. The van der Waals surface area contributed by atoms with Gasteiger partial charge in [-0.1, -0.05) is 72.3 Å². The number of phenolic OH excluding ortho intramolecular Hbond substituents is 1. The first-order chi connectivity index (χ1) is 14.0. The molecule has 0 aromatic heterocycles. The van der Waals surface area contributed by atoms with Crippen molar-refractivity contribution in [2.75, 3.05) is 6.54 Å². The quantitative estimate of drug-likeness (QED) is 0.606. The van der Waals surface area contributed by atoms with Crippen LogP contribution in [0.25, 0.3) is 0 Å². The molecule has 29 heavy (non-hydrogen) atoms. The third-order valence-electron chi connectivity index (χ3n) is 5.99. The Labute approximate surface area is 177 Å². The lowest BCUT2D eigenvalue weighted by atomic mass is 9.79. The second-order valence-corrected chi connectivity index (χ2v) is 8.29. The lowest BCUT2D eigenvalue weighted by Crippen LogP contribution is -2.48. The highest BCUT2D eigenvalue weighted by atomic mass is 35.5. The van der Waals surface area contributed by atoms with Crippen LogP contribution in [0.3, 0.4) is 0 Å². The standard InChI is InChI=1S/C25H26ClNO2/c1-18-15-22(26)16-19(24(18)28)17-27-14-8-13-23(27)25(29,20-9-4-2-5-10-20)21-11-6-3-7-12-21/h2-7,9-12,15-16,23,28-29H,8,13-14,17H2,1H3/t23-/m0/s1. The lowest BCUT2D eigenvalue weighted by molar-refractivity contribution is -0.00672. The van der Waals surface area contributed by atoms with Gasteiger partial charge in [-0.2, -0.15) is 0 Å². The van der Waals surface area contributed by atoms with Crippen molar-refractivity contribution < 1.29 is 10.2 Å². The van der Waals surface area contributed by atoms with Gasteiger partial charge in [-0.05, 0) is 55.1 Å². The minimum atomic E-state index is -1.14. The van der Waals surface area contributed by atoms with E-state index in [0.29, 0.717) is 11.6 Å². The molecule has 1 saturated heterocycles. The summed E-state index contributed by atoms with van der Waals surface area (Å²) in [6.07, 6.45) is 1.87. The molecule has 0 amide bonds. The molecule has 1 fully saturated rings. The molecule has 0 bridgehead atoms. The van der Waals surface area contributed by atoms with Crippen molar-refractivity contribution in [3.63, 3.8) is 0 Å². The molecule has 1 aliphatic rings. The summed E-state index contributed by atoms with van der Waals surface area (Å²) in [6, 6.07) is 23.3. The summed E-state index contributed by atoms with van der Waals surface area (Å²) in [7, 11) is 0. The van der Waals surface area contributed by atoms with E-state index in [2.05, 4.69) is 4.90 Å². The molecule has 1 heterocycles. The van der Waals surface area contributed by atoms with Crippen molar-refractivity contribution >= 4 is 11.6 Å². The zero-order chi connectivity index (χ0) is 20.4. The molecular formula is C25H26ClNO2. The largest absolute Gasteiger partial charge is 0.507 e. The highest BCUT2D eigenvalue weighted by Gasteiger charge is 2.45. The minimum absolute atomic E-state index is 0.106. The van der Waals surface area contributed by atoms with E-state index in [1.54, 1.807) is 6.07 Å². The highest BCUT2D eigenvalue weighted by Crippen LogP contribution is 2.41. The molecule has 150 valence electrons. The van der Waals surface area contributed by atoms with Crippen LogP contribution in [-0.4, -0.2) is 27.7 Å². The third-order valence-corrected chi connectivity index (χ3v) is 6.21. The van der Waals surface area contributed by atoms with Crippen molar-refractivity contribution in [3.8, 4) is 5.75 Å². The van der Waals surface area contributed by atoms with Gasteiger partial charge in [-0.3, -0.25) is 4.90 Å². The number of rotatable bonds is 5. The first-order valence-electron chi connectivity index (χ1n) is 10.1. The maximum atomic E-state index is 12.2. The molecular weight excluding hydrogens is 382 g/mol. The van der Waals surface area contributed by atoms with Gasteiger partial charge in [0.2, 0.25) is 0 Å². The topological polar surface area (TPSA) is 43.7 Å². The summed E-state index contributed by atoms with van der Waals surface area (Å²) in [5, 5.41) is 23.3. The monoisotopic (exact) mass is 407 g/mol. The lowest BCUT2D eigenvalue weighted by Gasteiger charge is -2.40. The van der Waals surface area contributed by atoms with Crippen LogP contribution in [0.1, 0.15) is 35.1 Å². The average molecular weight is 408 g/mol. The Hall–Kier alpha value is -2.33. The van der Waals surface area contributed by atoms with Gasteiger partial charge < -0.3 is 10.2 Å². The second-order valence-electron chi connectivity index (χ2n) is 7.86. The fraction of sp³-hybridized carbons (Fsp3) is 0.280. The number of hydrogen-bond donors (Lipinski definition) is 2. The van der Waals surface area contributed by atoms with E-state index in [1.165, 1.54) is 0 Å². The van der Waals surface area contributed by atoms with Gasteiger partial charge in [-0.25, -0.2) is 0 Å². The van der Waals surface area contributed by atoms with Crippen LogP contribution < -0.4 is 0 Å². The minimum Gasteiger partial charge on any atom is -0.507 e. The number of likely N-dealkylation sites (tertiary alicyclic amines) is 1. The molecule has 1 atom stereocenters. The number of nitrogens with zero attached hydrogens (tertiary/aromatic N) is 1. The predicted molar refractivity (Wildman–Crippen MR) is 117 cm³/mol. The normalized spacial score (nSPS) is 17.6. The van der Waals surface area contributed by atoms with E-state index >= 15 is 0 Å². The van der Waals surface area contributed by atoms with E-state index in [0.717, 1.165) is 41.6 Å². The Morgan fingerprint density at radius 3 is 2.17 bits per heavy atom. The zero-order valence-electron chi connectivity index (χ0n) is 16.6. The smallest absolute Gasteiger partial charge is 0.130 e. The average Bonchev–Trinajstić information content (AvgIpc) is 3.21. The molecule has 2 N–H and O–H groups in total. The van der Waals surface area contributed by atoms with E-state index in [4.69, 9.17) is 11.6 Å². The fourth-order valence-electron chi connectivity index (χ4n) is 4.57. The Morgan fingerprint density at radius 1 is 1.00 bits per heavy atom. The van der Waals surface area contributed by atoms with Crippen molar-refractivity contribution in [2.45, 2.75) is 38.0 Å². The second kappa shape index (κ2) is 8.19. The summed E-state index contributed by atoms with van der Waals surface area (Å²) < 4.78 is 0. The van der Waals surface area contributed by atoms with Crippen molar-refractivity contribution in [2.24, 2.45) is 0 Å². The number of hydrogen-bond acceptors (Lipinski definition) is 3. The maximum absolute atomic E-state index is 12.2. The van der Waals surface area contributed by atoms with Crippen LogP contribution in [0.5, 0.6) is 5.75 Å². The molecule has 1 aliphatic heterocycles. The number of halogens is 1. The molecule has 0 saturated carbocycles. The van der Waals surface area contributed by atoms with Crippen molar-refractivity contribution in [1.29, 1.82) is 0 Å². The Kier molecular flexibility index (Phi) is 5.64. The van der Waals surface area contributed by atoms with Crippen LogP contribution in [0.2, 0.25) is 5.02 Å². The molecule has 0 aliphatic carbocycles. The zero-order valence-corrected chi connectivity index (χ0v) is 17.3. The SMILES string of the molecule is Cc1cc(Cl)cc(CN2CCC[C@H]2C(O)(c2ccccc2)c2ccccc2)c1O. The van der Waals surface area contributed by atoms with Gasteiger partial charge in [0.15, 0.2) is 0 Å². The van der Waals surface area contributed by atoms with Crippen LogP contribution >= 0.6 is 11.6 Å². The molecule has 4 heteroatoms. The van der Waals surface area contributed by atoms with E-state index in [9.17, 15) is 10.2 Å². The summed E-state index contributed by atoms with van der Waals surface area (Å²) in [5.74, 6) is 0.281. The maximum Gasteiger partial charge on any atom is 0.130 e. The van der Waals surface area contributed by atoms with Gasteiger partial charge >= 0.3 is 0 Å². The summed E-state index contributed by atoms with van der Waals surface area (Å²) >= 11 is 6.25. The molecule has 0 spiro atoms. The number of phenols is 1. The molecule has 3 aromatic carbocycles. The van der Waals surface area contributed by atoms with Crippen molar-refractivity contribution in [3.05, 3.63) is 100 Å². The van der Waals surface area contributed by atoms with E-state index in [1.807, 2.05) is 73.7 Å². The predicted octanol–water partition coefficient (Wildman–Crippen LogP) is 5.25. The van der Waals surface area contributed by atoms with Gasteiger partial charge in [0.1, 0.15) is 11.4 Å². The highest BCUT2D eigenvalue weighted by molar-refractivity contribution is 6.30. The van der Waals surface area contributed by atoms with Crippen LogP contribution in [-0.2, 0) is 12.1 Å². The molecule has 0 radical (unpaired) electrons. The number of aromatic hydroxyl groups is 1. The fourth-order valence-corrected chi connectivity index (χ4v) is 4.86. The van der Waals surface area contributed by atoms with Crippen LogP contribution in [0, 0.1) is 6.92 Å². The molecule has 3 aromatic rings. The summed E-state index contributed by atoms with van der Waals surface area (Å²) in [5.41, 5.74) is 2.20. The number of aliphatic hydroxyl groups is 1. The Bertz CT molecular complexity index is 935. The molecule has 4 rings (SSSR count). The molecule has 3 nitrogen and oxygen atoms in total. The Balaban J connectivity index is 1.75. The van der Waals surface area contributed by atoms with Crippen LogP contribution in [0.15, 0.2) is 72.8 Å². The van der Waals surface area contributed by atoms with Gasteiger partial charge in [0, 0.05) is 23.2 Å². The van der Waals surface area contributed by atoms with Crippen molar-refractivity contribution in [1.82, 2.24) is 4.90 Å². The first-order valence-corrected chi connectivity index (χ1v) is 10.4. The Morgan fingerprint density at radius 2 is 1.59 bits per heavy atom. The van der Waals surface area contributed by atoms with Gasteiger partial charge in [0.25, 0.3) is 0 Å². The van der Waals surface area contributed by atoms with E-state index in [-0.39, 0.29) is 11.8 Å². The van der Waals surface area contributed by atoms with Gasteiger partial charge in [0.05, 0.1) is 0 Å². The molecule has 0 unspecified atom stereocenters. The van der Waals surface area contributed by atoms with Gasteiger partial charge in [-0.15, -0.1) is 0 Å². The van der Waals surface area contributed by atoms with Crippen LogP contribution in [0.4, 0.5) is 0 Å². The third kappa shape index (κ3) is 3.78.